The topological polar surface area (TPSA) is 67.2 Å². The summed E-state index contributed by atoms with van der Waals surface area (Å²) in [5.74, 6) is 0.819. The van der Waals surface area contributed by atoms with E-state index in [1.807, 2.05) is 25.1 Å². The Morgan fingerprint density at radius 1 is 1.26 bits per heavy atom. The van der Waals surface area contributed by atoms with Crippen LogP contribution in [0.5, 0.6) is 5.75 Å². The van der Waals surface area contributed by atoms with Crippen LogP contribution in [0.25, 0.3) is 6.08 Å². The predicted octanol–water partition coefficient (Wildman–Crippen LogP) is 3.35. The molecule has 0 aliphatic carbocycles. The third-order valence-corrected chi connectivity index (χ3v) is 5.35. The fraction of sp³-hybridized carbons (Fsp3) is 0.167. The van der Waals surface area contributed by atoms with Crippen LogP contribution in [0.15, 0.2) is 58.3 Å². The number of hydrogen-bond donors (Lipinski definition) is 0. The van der Waals surface area contributed by atoms with Gasteiger partial charge in [0.25, 0.3) is 0 Å². The fourth-order valence-electron chi connectivity index (χ4n) is 2.58. The minimum atomic E-state index is -3.81. The normalized spacial score (nSPS) is 17.2. The smallest absolute Gasteiger partial charge is 0.216 e. The molecule has 3 rings (SSSR count). The van der Waals surface area contributed by atoms with E-state index < -0.39 is 9.84 Å². The van der Waals surface area contributed by atoms with E-state index in [0.717, 1.165) is 17.7 Å². The number of nitrogens with zero attached hydrogens (tertiary/aromatic N) is 1. The Balaban J connectivity index is 2.01. The van der Waals surface area contributed by atoms with Gasteiger partial charge in [-0.25, -0.2) is 8.42 Å². The second kappa shape index (κ2) is 5.90. The molecule has 0 aromatic heterocycles. The van der Waals surface area contributed by atoms with E-state index in [2.05, 4.69) is 0 Å². The largest absolute Gasteiger partial charge is 0.490 e. The summed E-state index contributed by atoms with van der Waals surface area (Å²) in [4.78, 5) is -0.151. The zero-order valence-electron chi connectivity index (χ0n) is 12.6. The first-order valence-corrected chi connectivity index (χ1v) is 8.70. The van der Waals surface area contributed by atoms with Crippen molar-refractivity contribution in [1.29, 1.82) is 5.26 Å². The summed E-state index contributed by atoms with van der Waals surface area (Å²) in [6, 6.07) is 15.2. The van der Waals surface area contributed by atoms with Gasteiger partial charge in [-0.1, -0.05) is 24.3 Å². The molecule has 23 heavy (non-hydrogen) atoms. The number of ether oxygens (including phenoxy) is 1. The van der Waals surface area contributed by atoms with Crippen LogP contribution >= 0.6 is 0 Å². The standard InChI is InChI=1S/C18H15NO3S/c1-13-9-15-10-14(7-8-18(15)22-13)11-17(12-19)23(20,21)16-5-3-2-4-6-16/h2-8,10-11,13H,9H2,1H3/b17-11+/t13-/m1/s1. The van der Waals surface area contributed by atoms with Crippen LogP contribution in [0.4, 0.5) is 0 Å². The van der Waals surface area contributed by atoms with Crippen molar-refractivity contribution in [3.63, 3.8) is 0 Å². The highest BCUT2D eigenvalue weighted by atomic mass is 32.2. The number of benzene rings is 2. The first-order valence-electron chi connectivity index (χ1n) is 7.22. The van der Waals surface area contributed by atoms with Crippen molar-refractivity contribution in [1.82, 2.24) is 0 Å². The SMILES string of the molecule is C[C@@H]1Cc2cc(/C=C(\C#N)S(=O)(=O)c3ccccc3)ccc2O1. The molecule has 0 spiro atoms. The first kappa shape index (κ1) is 15.3. The third-order valence-electron chi connectivity index (χ3n) is 3.67. The van der Waals surface area contributed by atoms with E-state index in [0.29, 0.717) is 5.56 Å². The molecule has 0 N–H and O–H groups in total. The van der Waals surface area contributed by atoms with Crippen LogP contribution in [0, 0.1) is 11.3 Å². The van der Waals surface area contributed by atoms with E-state index in [-0.39, 0.29) is 15.9 Å². The molecule has 0 unspecified atom stereocenters. The molecule has 1 aliphatic heterocycles. The average Bonchev–Trinajstić information content (AvgIpc) is 2.92. The minimum Gasteiger partial charge on any atom is -0.490 e. The molecule has 116 valence electrons. The summed E-state index contributed by atoms with van der Waals surface area (Å²) in [6.45, 7) is 1.98. The van der Waals surface area contributed by atoms with Crippen LogP contribution in [0.1, 0.15) is 18.1 Å². The van der Waals surface area contributed by atoms with Crippen molar-refractivity contribution in [3.8, 4) is 11.8 Å². The lowest BCUT2D eigenvalue weighted by Crippen LogP contribution is -2.05. The van der Waals surface area contributed by atoms with Crippen LogP contribution in [0.2, 0.25) is 0 Å². The molecule has 0 bridgehead atoms. The maximum absolute atomic E-state index is 12.5. The average molecular weight is 325 g/mol. The Bertz CT molecular complexity index is 909. The van der Waals surface area contributed by atoms with Gasteiger partial charge < -0.3 is 4.74 Å². The molecule has 2 aromatic carbocycles. The highest BCUT2D eigenvalue weighted by molar-refractivity contribution is 7.95. The Labute approximate surface area is 135 Å². The molecular weight excluding hydrogens is 310 g/mol. The van der Waals surface area contributed by atoms with Crippen LogP contribution in [-0.2, 0) is 16.3 Å². The van der Waals surface area contributed by atoms with Crippen LogP contribution < -0.4 is 4.74 Å². The number of fused-ring (bicyclic) bond motifs is 1. The van der Waals surface area contributed by atoms with Gasteiger partial charge in [-0.05, 0) is 48.4 Å². The van der Waals surface area contributed by atoms with Gasteiger partial charge in [0.1, 0.15) is 22.8 Å². The predicted molar refractivity (Wildman–Crippen MR) is 87.5 cm³/mol. The van der Waals surface area contributed by atoms with E-state index in [4.69, 9.17) is 4.74 Å². The summed E-state index contributed by atoms with van der Waals surface area (Å²) < 4.78 is 30.7. The number of allylic oxidation sites excluding steroid dienone is 1. The van der Waals surface area contributed by atoms with Gasteiger partial charge in [0.2, 0.25) is 9.84 Å². The van der Waals surface area contributed by atoms with Crippen LogP contribution in [0.3, 0.4) is 0 Å². The zero-order chi connectivity index (χ0) is 16.4. The lowest BCUT2D eigenvalue weighted by atomic mass is 10.1. The summed E-state index contributed by atoms with van der Waals surface area (Å²) in [5.41, 5.74) is 1.71. The Morgan fingerprint density at radius 3 is 2.70 bits per heavy atom. The molecule has 1 atom stereocenters. The lowest BCUT2D eigenvalue weighted by Gasteiger charge is -2.04. The molecule has 0 fully saturated rings. The molecule has 1 heterocycles. The second-order valence-corrected chi connectivity index (χ2v) is 7.35. The van der Waals surface area contributed by atoms with Gasteiger partial charge in [0.15, 0.2) is 0 Å². The number of nitriles is 1. The molecule has 2 aromatic rings. The Kier molecular flexibility index (Phi) is 3.93. The van der Waals surface area contributed by atoms with Gasteiger partial charge in [0, 0.05) is 6.42 Å². The van der Waals surface area contributed by atoms with E-state index in [9.17, 15) is 13.7 Å². The van der Waals surface area contributed by atoms with Crippen molar-refractivity contribution in [2.24, 2.45) is 0 Å². The molecule has 0 saturated heterocycles. The highest BCUT2D eigenvalue weighted by Gasteiger charge is 2.22. The van der Waals surface area contributed by atoms with E-state index in [1.54, 1.807) is 24.3 Å². The van der Waals surface area contributed by atoms with Gasteiger partial charge in [-0.2, -0.15) is 5.26 Å². The van der Waals surface area contributed by atoms with Gasteiger partial charge in [0.05, 0.1) is 4.90 Å². The van der Waals surface area contributed by atoms with E-state index >= 15 is 0 Å². The summed E-state index contributed by atoms with van der Waals surface area (Å²) in [6.07, 6.45) is 2.31. The number of hydrogen-bond acceptors (Lipinski definition) is 4. The maximum atomic E-state index is 12.5. The van der Waals surface area contributed by atoms with Gasteiger partial charge in [-0.3, -0.25) is 0 Å². The molecule has 1 aliphatic rings. The fourth-order valence-corrected chi connectivity index (χ4v) is 3.76. The van der Waals surface area contributed by atoms with E-state index in [1.165, 1.54) is 18.2 Å². The monoisotopic (exact) mass is 325 g/mol. The number of sulfone groups is 1. The van der Waals surface area contributed by atoms with Crippen LogP contribution in [-0.4, -0.2) is 14.5 Å². The Morgan fingerprint density at radius 2 is 2.00 bits per heavy atom. The second-order valence-electron chi connectivity index (χ2n) is 5.44. The van der Waals surface area contributed by atoms with Crippen molar-refractivity contribution in [2.45, 2.75) is 24.3 Å². The summed E-state index contributed by atoms with van der Waals surface area (Å²) >= 11 is 0. The lowest BCUT2D eigenvalue weighted by molar-refractivity contribution is 0.254. The van der Waals surface area contributed by atoms with Crippen molar-refractivity contribution in [3.05, 3.63) is 64.6 Å². The van der Waals surface area contributed by atoms with Crippen molar-refractivity contribution >= 4 is 15.9 Å². The molecule has 0 saturated carbocycles. The third kappa shape index (κ3) is 2.99. The quantitative estimate of drug-likeness (QED) is 0.812. The van der Waals surface area contributed by atoms with Crippen molar-refractivity contribution in [2.75, 3.05) is 0 Å². The molecule has 0 amide bonds. The summed E-state index contributed by atoms with van der Waals surface area (Å²) in [7, 11) is -3.81. The molecular formula is C18H15NO3S. The highest BCUT2D eigenvalue weighted by Crippen LogP contribution is 2.30. The summed E-state index contributed by atoms with van der Waals surface area (Å²) in [5, 5.41) is 9.30. The Hall–Kier alpha value is -2.58. The van der Waals surface area contributed by atoms with Crippen molar-refractivity contribution < 1.29 is 13.2 Å². The molecule has 0 radical (unpaired) electrons. The van der Waals surface area contributed by atoms with Gasteiger partial charge in [-0.15, -0.1) is 0 Å². The zero-order valence-corrected chi connectivity index (χ0v) is 13.4. The number of rotatable bonds is 3. The van der Waals surface area contributed by atoms with Gasteiger partial charge >= 0.3 is 0 Å². The minimum absolute atomic E-state index is 0.117. The first-order chi connectivity index (χ1) is 11.0. The maximum Gasteiger partial charge on any atom is 0.216 e. The molecule has 4 nitrogen and oxygen atoms in total. The molecule has 5 heteroatoms.